The predicted octanol–water partition coefficient (Wildman–Crippen LogP) is 3.34. The first-order valence-electron chi connectivity index (χ1n) is 8.18. The van der Waals surface area contributed by atoms with Gasteiger partial charge >= 0.3 is 0 Å². The number of aryl methyl sites for hydroxylation is 2. The number of carbonyl (C=O) groups excluding carboxylic acids is 1. The van der Waals surface area contributed by atoms with Crippen molar-refractivity contribution in [3.8, 4) is 0 Å². The summed E-state index contributed by atoms with van der Waals surface area (Å²) in [6.07, 6.45) is 0. The summed E-state index contributed by atoms with van der Waals surface area (Å²) in [5.41, 5.74) is 3.96. The van der Waals surface area contributed by atoms with E-state index >= 15 is 0 Å². The van der Waals surface area contributed by atoms with Crippen molar-refractivity contribution in [1.82, 2.24) is 20.2 Å². The van der Waals surface area contributed by atoms with Gasteiger partial charge in [0.05, 0.1) is 28.5 Å². The summed E-state index contributed by atoms with van der Waals surface area (Å²) in [6.45, 7) is 4.43. The predicted molar refractivity (Wildman–Crippen MR) is 102 cm³/mol. The molecular formula is C19H22N4OS. The minimum Gasteiger partial charge on any atom is -0.350 e. The Hall–Kier alpha value is -2.31. The molecule has 0 radical (unpaired) electrons. The molecule has 1 unspecified atom stereocenters. The lowest BCUT2D eigenvalue weighted by molar-refractivity contribution is 0.0942. The zero-order valence-electron chi connectivity index (χ0n) is 14.9. The molecular weight excluding hydrogens is 332 g/mol. The first kappa shape index (κ1) is 17.5. The molecule has 3 aromatic rings. The van der Waals surface area contributed by atoms with Crippen molar-refractivity contribution < 1.29 is 4.79 Å². The fourth-order valence-electron chi connectivity index (χ4n) is 2.68. The van der Waals surface area contributed by atoms with E-state index in [1.165, 1.54) is 4.88 Å². The molecule has 0 aliphatic heterocycles. The third-order valence-corrected chi connectivity index (χ3v) is 5.26. The van der Waals surface area contributed by atoms with Crippen molar-refractivity contribution in [2.45, 2.75) is 19.9 Å². The van der Waals surface area contributed by atoms with Crippen LogP contribution in [0.2, 0.25) is 0 Å². The highest BCUT2D eigenvalue weighted by molar-refractivity contribution is 7.10. The molecule has 0 spiro atoms. The smallest absolute Gasteiger partial charge is 0.251 e. The SMILES string of the molecule is Cc1nc2ccc(C(=O)NCC(c3cccs3)N(C)C)cc2nc1C. The second-order valence-corrected chi connectivity index (χ2v) is 7.28. The summed E-state index contributed by atoms with van der Waals surface area (Å²) in [4.78, 5) is 25.0. The molecule has 0 saturated heterocycles. The van der Waals surface area contributed by atoms with E-state index in [-0.39, 0.29) is 11.9 Å². The van der Waals surface area contributed by atoms with Crippen LogP contribution in [0.1, 0.15) is 32.7 Å². The highest BCUT2D eigenvalue weighted by Crippen LogP contribution is 2.22. The van der Waals surface area contributed by atoms with Crippen molar-refractivity contribution in [3.63, 3.8) is 0 Å². The molecule has 1 N–H and O–H groups in total. The third-order valence-electron chi connectivity index (χ3n) is 4.29. The molecule has 130 valence electrons. The minimum absolute atomic E-state index is 0.0923. The molecule has 2 aromatic heterocycles. The second kappa shape index (κ2) is 7.29. The average Bonchev–Trinajstić information content (AvgIpc) is 3.09. The Morgan fingerprint density at radius 3 is 2.52 bits per heavy atom. The van der Waals surface area contributed by atoms with Crippen molar-refractivity contribution in [1.29, 1.82) is 0 Å². The van der Waals surface area contributed by atoms with Crippen molar-refractivity contribution in [3.05, 3.63) is 57.5 Å². The van der Waals surface area contributed by atoms with Crippen molar-refractivity contribution >= 4 is 28.3 Å². The Morgan fingerprint density at radius 2 is 1.88 bits per heavy atom. The lowest BCUT2D eigenvalue weighted by atomic mass is 10.1. The fraction of sp³-hybridized carbons (Fsp3) is 0.316. The van der Waals surface area contributed by atoms with E-state index in [2.05, 4.69) is 31.6 Å². The molecule has 6 heteroatoms. The summed E-state index contributed by atoms with van der Waals surface area (Å²) < 4.78 is 0. The topological polar surface area (TPSA) is 58.1 Å². The number of aromatic nitrogens is 2. The van der Waals surface area contributed by atoms with E-state index in [4.69, 9.17) is 0 Å². The first-order chi connectivity index (χ1) is 12.0. The van der Waals surface area contributed by atoms with Gasteiger partial charge < -0.3 is 10.2 Å². The lowest BCUT2D eigenvalue weighted by Crippen LogP contribution is -2.34. The molecule has 3 rings (SSSR count). The van der Waals surface area contributed by atoms with Crippen LogP contribution in [0.5, 0.6) is 0 Å². The fourth-order valence-corrected chi connectivity index (χ4v) is 3.60. The van der Waals surface area contributed by atoms with E-state index in [1.54, 1.807) is 23.5 Å². The van der Waals surface area contributed by atoms with Gasteiger partial charge in [0, 0.05) is 17.0 Å². The highest BCUT2D eigenvalue weighted by atomic mass is 32.1. The zero-order valence-corrected chi connectivity index (χ0v) is 15.7. The van der Waals surface area contributed by atoms with Gasteiger partial charge in [-0.1, -0.05) is 6.07 Å². The van der Waals surface area contributed by atoms with Crippen LogP contribution >= 0.6 is 11.3 Å². The normalized spacial score (nSPS) is 12.5. The number of benzene rings is 1. The Bertz CT molecular complexity index is 890. The number of hydrogen-bond donors (Lipinski definition) is 1. The van der Waals surface area contributed by atoms with E-state index < -0.39 is 0 Å². The number of amides is 1. The number of rotatable bonds is 5. The van der Waals surface area contributed by atoms with Gasteiger partial charge in [-0.3, -0.25) is 4.79 Å². The van der Waals surface area contributed by atoms with Crippen molar-refractivity contribution in [2.24, 2.45) is 0 Å². The standard InChI is InChI=1S/C19H22N4OS/c1-12-13(2)22-16-10-14(7-8-15(16)21-12)19(24)20-11-17(23(3)4)18-6-5-9-25-18/h5-10,17H,11H2,1-4H3,(H,20,24). The van der Waals surface area contributed by atoms with Crippen LogP contribution in [0, 0.1) is 13.8 Å². The number of thiophene rings is 1. The molecule has 5 nitrogen and oxygen atoms in total. The quantitative estimate of drug-likeness (QED) is 0.763. The number of fused-ring (bicyclic) bond motifs is 1. The largest absolute Gasteiger partial charge is 0.350 e. The van der Waals surface area contributed by atoms with Gasteiger partial charge in [-0.15, -0.1) is 11.3 Å². The maximum absolute atomic E-state index is 12.6. The summed E-state index contributed by atoms with van der Waals surface area (Å²) in [7, 11) is 4.04. The molecule has 0 bridgehead atoms. The molecule has 0 aliphatic carbocycles. The lowest BCUT2D eigenvalue weighted by Gasteiger charge is -2.23. The molecule has 0 saturated carbocycles. The first-order valence-corrected chi connectivity index (χ1v) is 9.06. The van der Waals surface area contributed by atoms with Gasteiger partial charge in [-0.2, -0.15) is 0 Å². The number of hydrogen-bond acceptors (Lipinski definition) is 5. The number of likely N-dealkylation sites (N-methyl/N-ethyl adjacent to an activating group) is 1. The maximum atomic E-state index is 12.6. The zero-order chi connectivity index (χ0) is 18.0. The molecule has 1 amide bonds. The monoisotopic (exact) mass is 354 g/mol. The summed E-state index contributed by atoms with van der Waals surface area (Å²) in [5, 5.41) is 5.09. The van der Waals surface area contributed by atoms with Crippen molar-refractivity contribution in [2.75, 3.05) is 20.6 Å². The molecule has 1 atom stereocenters. The van der Waals surface area contributed by atoms with E-state index in [9.17, 15) is 4.79 Å². The summed E-state index contributed by atoms with van der Waals surface area (Å²) >= 11 is 1.70. The van der Waals surface area contributed by atoms with Gasteiger partial charge in [-0.25, -0.2) is 9.97 Å². The van der Waals surface area contributed by atoms with Gasteiger partial charge in [0.2, 0.25) is 0 Å². The Kier molecular flexibility index (Phi) is 5.11. The van der Waals surface area contributed by atoms with Crippen LogP contribution in [-0.2, 0) is 0 Å². The van der Waals surface area contributed by atoms with Crippen LogP contribution in [0.3, 0.4) is 0 Å². The van der Waals surface area contributed by atoms with Crippen LogP contribution < -0.4 is 5.32 Å². The second-order valence-electron chi connectivity index (χ2n) is 6.30. The van der Waals surface area contributed by atoms with Crippen LogP contribution in [0.15, 0.2) is 35.7 Å². The van der Waals surface area contributed by atoms with Gasteiger partial charge in [0.1, 0.15) is 0 Å². The third kappa shape index (κ3) is 3.86. The highest BCUT2D eigenvalue weighted by Gasteiger charge is 2.17. The average molecular weight is 354 g/mol. The number of nitrogens with zero attached hydrogens (tertiary/aromatic N) is 3. The Balaban J connectivity index is 1.76. The molecule has 0 aliphatic rings. The van der Waals surface area contributed by atoms with Crippen LogP contribution in [0.4, 0.5) is 0 Å². The molecule has 0 fully saturated rings. The van der Waals surface area contributed by atoms with Crippen LogP contribution in [-0.4, -0.2) is 41.4 Å². The Morgan fingerprint density at radius 1 is 1.16 bits per heavy atom. The van der Waals surface area contributed by atoms with E-state index in [1.807, 2.05) is 40.1 Å². The Labute approximate surface area is 151 Å². The van der Waals surface area contributed by atoms with Crippen LogP contribution in [0.25, 0.3) is 11.0 Å². The number of carbonyl (C=O) groups is 1. The maximum Gasteiger partial charge on any atom is 0.251 e. The molecule has 1 aromatic carbocycles. The minimum atomic E-state index is -0.0923. The van der Waals surface area contributed by atoms with E-state index in [0.717, 1.165) is 22.4 Å². The molecule has 2 heterocycles. The molecule has 25 heavy (non-hydrogen) atoms. The summed E-state index contributed by atoms with van der Waals surface area (Å²) in [5.74, 6) is -0.0923. The summed E-state index contributed by atoms with van der Waals surface area (Å²) in [6, 6.07) is 9.75. The number of nitrogens with one attached hydrogen (secondary N) is 1. The van der Waals surface area contributed by atoms with Gasteiger partial charge in [0.25, 0.3) is 5.91 Å². The van der Waals surface area contributed by atoms with Gasteiger partial charge in [0.15, 0.2) is 0 Å². The van der Waals surface area contributed by atoms with E-state index in [0.29, 0.717) is 12.1 Å². The van der Waals surface area contributed by atoms with Gasteiger partial charge in [-0.05, 0) is 57.6 Å².